The number of rotatable bonds is 1. The molecule has 0 bridgehead atoms. The van der Waals surface area contributed by atoms with Gasteiger partial charge in [0.25, 0.3) is 0 Å². The Balaban J connectivity index is 1.96. The molecule has 2 aliphatic rings. The lowest BCUT2D eigenvalue weighted by atomic mass is 9.77. The van der Waals surface area contributed by atoms with Gasteiger partial charge in [-0.1, -0.05) is 6.07 Å². The van der Waals surface area contributed by atoms with E-state index in [1.54, 1.807) is 25.3 Å². The fraction of sp³-hybridized carbons (Fsp3) is 0.263. The van der Waals surface area contributed by atoms with Gasteiger partial charge in [-0.3, -0.25) is 9.59 Å². The fourth-order valence-electron chi connectivity index (χ4n) is 3.59. The molecule has 2 aromatic rings. The third-order valence-corrected chi connectivity index (χ3v) is 4.72. The molecule has 2 aliphatic carbocycles. The smallest absolute Gasteiger partial charge is 0.194 e. The van der Waals surface area contributed by atoms with Crippen LogP contribution in [0.5, 0.6) is 5.75 Å². The van der Waals surface area contributed by atoms with Crippen molar-refractivity contribution in [3.8, 4) is 5.75 Å². The first-order valence-electron chi connectivity index (χ1n) is 7.63. The van der Waals surface area contributed by atoms with E-state index in [1.807, 2.05) is 12.1 Å². The fourth-order valence-corrected chi connectivity index (χ4v) is 3.59. The molecule has 0 aliphatic heterocycles. The molecule has 110 valence electrons. The van der Waals surface area contributed by atoms with Gasteiger partial charge < -0.3 is 4.74 Å². The Morgan fingerprint density at radius 3 is 2.45 bits per heavy atom. The predicted molar refractivity (Wildman–Crippen MR) is 82.9 cm³/mol. The lowest BCUT2D eigenvalue weighted by Gasteiger charge is -2.25. The van der Waals surface area contributed by atoms with E-state index in [0.29, 0.717) is 28.0 Å². The van der Waals surface area contributed by atoms with Gasteiger partial charge in [-0.05, 0) is 61.1 Å². The van der Waals surface area contributed by atoms with Crippen molar-refractivity contribution in [3.05, 3.63) is 63.7 Å². The van der Waals surface area contributed by atoms with Gasteiger partial charge in [0.15, 0.2) is 11.6 Å². The van der Waals surface area contributed by atoms with E-state index < -0.39 is 0 Å². The van der Waals surface area contributed by atoms with Gasteiger partial charge in [0.05, 0.1) is 7.11 Å². The van der Waals surface area contributed by atoms with Gasteiger partial charge >= 0.3 is 0 Å². The highest BCUT2D eigenvalue weighted by atomic mass is 16.5. The van der Waals surface area contributed by atoms with Crippen molar-refractivity contribution in [3.63, 3.8) is 0 Å². The van der Waals surface area contributed by atoms with E-state index in [9.17, 15) is 9.59 Å². The van der Waals surface area contributed by atoms with Gasteiger partial charge in [0, 0.05) is 22.3 Å². The van der Waals surface area contributed by atoms with E-state index in [0.717, 1.165) is 31.2 Å². The third-order valence-electron chi connectivity index (χ3n) is 4.72. The SMILES string of the molecule is COc1ccc2c(c1)C(=O)c1ccc3c(c1C2=O)CCCC3. The zero-order valence-corrected chi connectivity index (χ0v) is 12.4. The standard InChI is InChI=1S/C19H16O3/c1-22-12-7-9-14-16(10-12)18(20)15-8-6-11-4-2-3-5-13(11)17(15)19(14)21/h6-10H,2-5H2,1H3. The molecule has 4 rings (SSSR count). The second-order valence-electron chi connectivity index (χ2n) is 5.90. The molecule has 0 saturated carbocycles. The monoisotopic (exact) mass is 292 g/mol. The van der Waals surface area contributed by atoms with E-state index in [1.165, 1.54) is 5.56 Å². The molecule has 3 heteroatoms. The highest BCUT2D eigenvalue weighted by Gasteiger charge is 2.33. The van der Waals surface area contributed by atoms with E-state index in [2.05, 4.69) is 0 Å². The molecule has 0 amide bonds. The summed E-state index contributed by atoms with van der Waals surface area (Å²) in [6, 6.07) is 8.95. The number of aryl methyl sites for hydroxylation is 1. The zero-order chi connectivity index (χ0) is 15.3. The van der Waals surface area contributed by atoms with Crippen LogP contribution in [0, 0.1) is 0 Å². The third kappa shape index (κ3) is 1.75. The van der Waals surface area contributed by atoms with Crippen LogP contribution in [0.25, 0.3) is 0 Å². The summed E-state index contributed by atoms with van der Waals surface area (Å²) in [7, 11) is 1.56. The van der Waals surface area contributed by atoms with Crippen molar-refractivity contribution in [2.45, 2.75) is 25.7 Å². The zero-order valence-electron chi connectivity index (χ0n) is 12.4. The summed E-state index contributed by atoms with van der Waals surface area (Å²) >= 11 is 0. The highest BCUT2D eigenvalue weighted by Crippen LogP contribution is 2.35. The number of hydrogen-bond acceptors (Lipinski definition) is 3. The molecular formula is C19H16O3. The van der Waals surface area contributed by atoms with Crippen molar-refractivity contribution in [1.29, 1.82) is 0 Å². The maximum Gasteiger partial charge on any atom is 0.194 e. The minimum Gasteiger partial charge on any atom is -0.497 e. The Kier molecular flexibility index (Phi) is 2.89. The first kappa shape index (κ1) is 13.3. The van der Waals surface area contributed by atoms with Crippen molar-refractivity contribution in [2.75, 3.05) is 7.11 Å². The number of fused-ring (bicyclic) bond motifs is 4. The number of ether oxygens (including phenoxy) is 1. The van der Waals surface area contributed by atoms with Crippen LogP contribution in [0.15, 0.2) is 30.3 Å². The molecule has 0 saturated heterocycles. The number of carbonyl (C=O) groups is 2. The molecule has 0 N–H and O–H groups in total. The maximum atomic E-state index is 12.9. The Hall–Kier alpha value is -2.42. The average Bonchev–Trinajstić information content (AvgIpc) is 2.58. The molecule has 22 heavy (non-hydrogen) atoms. The number of ketones is 2. The number of methoxy groups -OCH3 is 1. The van der Waals surface area contributed by atoms with Gasteiger partial charge in [-0.2, -0.15) is 0 Å². The van der Waals surface area contributed by atoms with Crippen LogP contribution < -0.4 is 4.74 Å². The lowest BCUT2D eigenvalue weighted by molar-refractivity contribution is 0.0978. The topological polar surface area (TPSA) is 43.4 Å². The normalized spacial score (nSPS) is 15.9. The van der Waals surface area contributed by atoms with Gasteiger partial charge in [0.1, 0.15) is 5.75 Å². The molecular weight excluding hydrogens is 276 g/mol. The first-order chi connectivity index (χ1) is 10.7. The van der Waals surface area contributed by atoms with Crippen LogP contribution in [0.4, 0.5) is 0 Å². The first-order valence-corrected chi connectivity index (χ1v) is 7.63. The maximum absolute atomic E-state index is 12.9. The Morgan fingerprint density at radius 2 is 1.64 bits per heavy atom. The number of hydrogen-bond donors (Lipinski definition) is 0. The van der Waals surface area contributed by atoms with Crippen LogP contribution in [-0.4, -0.2) is 18.7 Å². The Labute approximate surface area is 128 Å². The minimum atomic E-state index is -0.0723. The summed E-state index contributed by atoms with van der Waals surface area (Å²) in [6.45, 7) is 0. The molecule has 3 nitrogen and oxygen atoms in total. The van der Waals surface area contributed by atoms with Gasteiger partial charge in [0.2, 0.25) is 0 Å². The molecule has 0 heterocycles. The van der Waals surface area contributed by atoms with Crippen molar-refractivity contribution in [2.24, 2.45) is 0 Å². The highest BCUT2D eigenvalue weighted by molar-refractivity contribution is 6.29. The molecule has 0 spiro atoms. The Morgan fingerprint density at radius 1 is 0.864 bits per heavy atom. The molecule has 2 aromatic carbocycles. The summed E-state index contributed by atoms with van der Waals surface area (Å²) in [5.41, 5.74) is 4.45. The Bertz CT molecular complexity index is 818. The second kappa shape index (κ2) is 4.80. The molecule has 0 fully saturated rings. The van der Waals surface area contributed by atoms with E-state index in [-0.39, 0.29) is 11.6 Å². The van der Waals surface area contributed by atoms with Crippen LogP contribution in [0.1, 0.15) is 55.8 Å². The largest absolute Gasteiger partial charge is 0.497 e. The van der Waals surface area contributed by atoms with Crippen LogP contribution in [0.3, 0.4) is 0 Å². The minimum absolute atomic E-state index is 0.0222. The number of benzene rings is 2. The lowest BCUT2D eigenvalue weighted by Crippen LogP contribution is -2.24. The molecule has 0 radical (unpaired) electrons. The van der Waals surface area contributed by atoms with Gasteiger partial charge in [-0.25, -0.2) is 0 Å². The van der Waals surface area contributed by atoms with Crippen LogP contribution in [-0.2, 0) is 12.8 Å². The van der Waals surface area contributed by atoms with Crippen molar-refractivity contribution < 1.29 is 14.3 Å². The van der Waals surface area contributed by atoms with Gasteiger partial charge in [-0.15, -0.1) is 0 Å². The van der Waals surface area contributed by atoms with E-state index >= 15 is 0 Å². The van der Waals surface area contributed by atoms with Crippen molar-refractivity contribution in [1.82, 2.24) is 0 Å². The molecule has 0 atom stereocenters. The van der Waals surface area contributed by atoms with Crippen LogP contribution >= 0.6 is 0 Å². The summed E-state index contributed by atoms with van der Waals surface area (Å²) in [6.07, 6.45) is 4.13. The summed E-state index contributed by atoms with van der Waals surface area (Å²) in [5, 5.41) is 0. The quantitative estimate of drug-likeness (QED) is 0.691. The number of carbonyl (C=O) groups excluding carboxylic acids is 2. The molecule has 0 aromatic heterocycles. The van der Waals surface area contributed by atoms with Crippen LogP contribution in [0.2, 0.25) is 0 Å². The molecule has 0 unspecified atom stereocenters. The second-order valence-corrected chi connectivity index (χ2v) is 5.90. The average molecular weight is 292 g/mol. The summed E-state index contributed by atoms with van der Waals surface area (Å²) in [4.78, 5) is 25.7. The van der Waals surface area contributed by atoms with E-state index in [4.69, 9.17) is 4.74 Å². The van der Waals surface area contributed by atoms with Crippen molar-refractivity contribution >= 4 is 11.6 Å². The summed E-state index contributed by atoms with van der Waals surface area (Å²) in [5.74, 6) is 0.504. The predicted octanol–water partition coefficient (Wildman–Crippen LogP) is 3.35. The summed E-state index contributed by atoms with van der Waals surface area (Å²) < 4.78 is 5.18.